The van der Waals surface area contributed by atoms with E-state index < -0.39 is 0 Å². The Balaban J connectivity index is 1.82. The fourth-order valence-corrected chi connectivity index (χ4v) is 4.05. The van der Waals surface area contributed by atoms with Crippen LogP contribution in [0.2, 0.25) is 0 Å². The van der Waals surface area contributed by atoms with Crippen molar-refractivity contribution < 1.29 is 0 Å². The van der Waals surface area contributed by atoms with Gasteiger partial charge in [0.05, 0.1) is 16.6 Å². The summed E-state index contributed by atoms with van der Waals surface area (Å²) in [6.45, 7) is 6.71. The van der Waals surface area contributed by atoms with Gasteiger partial charge in [-0.15, -0.1) is 0 Å². The molecule has 0 fully saturated rings. The molecule has 5 aromatic rings. The second kappa shape index (κ2) is 5.90. The molecule has 0 aliphatic rings. The third-order valence-corrected chi connectivity index (χ3v) is 5.66. The highest BCUT2D eigenvalue weighted by molar-refractivity contribution is 6.15. The van der Waals surface area contributed by atoms with E-state index in [9.17, 15) is 0 Å². The maximum atomic E-state index is 4.69. The summed E-state index contributed by atoms with van der Waals surface area (Å²) in [5, 5.41) is 4.80. The van der Waals surface area contributed by atoms with E-state index in [1.165, 1.54) is 27.2 Å². The molecule has 0 unspecified atom stereocenters. The van der Waals surface area contributed by atoms with Gasteiger partial charge in [-0.05, 0) is 33.9 Å². The van der Waals surface area contributed by atoms with Crippen molar-refractivity contribution in [3.05, 3.63) is 72.6 Å². The van der Waals surface area contributed by atoms with Gasteiger partial charge in [0.2, 0.25) is 0 Å². The molecule has 0 bridgehead atoms. The van der Waals surface area contributed by atoms with Gasteiger partial charge >= 0.3 is 0 Å². The number of aromatic nitrogens is 3. The number of aryl methyl sites for hydroxylation is 1. The SMILES string of the molecule is Cn1c2cc3ccccc3cc2c2c(-c3ccc(C(C)(C)C)cc3)ncnc21. The number of nitrogens with zero attached hydrogens (tertiary/aromatic N) is 3. The average Bonchev–Trinajstić information content (AvgIpc) is 2.98. The topological polar surface area (TPSA) is 30.7 Å². The van der Waals surface area contributed by atoms with Crippen molar-refractivity contribution in [1.82, 2.24) is 14.5 Å². The predicted molar refractivity (Wildman–Crippen MR) is 118 cm³/mol. The number of fused-ring (bicyclic) bond motifs is 4. The molecule has 0 N–H and O–H groups in total. The van der Waals surface area contributed by atoms with E-state index in [1.807, 2.05) is 0 Å². The molecule has 28 heavy (non-hydrogen) atoms. The van der Waals surface area contributed by atoms with E-state index >= 15 is 0 Å². The lowest BCUT2D eigenvalue weighted by molar-refractivity contribution is 0.590. The molecular formula is C25H23N3. The largest absolute Gasteiger partial charge is 0.328 e. The molecule has 2 heterocycles. The third kappa shape index (κ3) is 2.50. The van der Waals surface area contributed by atoms with E-state index in [-0.39, 0.29) is 5.41 Å². The lowest BCUT2D eigenvalue weighted by atomic mass is 9.86. The van der Waals surface area contributed by atoms with E-state index in [4.69, 9.17) is 0 Å². The Kier molecular flexibility index (Phi) is 3.57. The molecule has 0 aliphatic carbocycles. The van der Waals surface area contributed by atoms with Crippen LogP contribution in [0.25, 0.3) is 44.0 Å². The van der Waals surface area contributed by atoms with Crippen LogP contribution in [-0.4, -0.2) is 14.5 Å². The monoisotopic (exact) mass is 365 g/mol. The van der Waals surface area contributed by atoms with Crippen LogP contribution < -0.4 is 0 Å². The zero-order valence-electron chi connectivity index (χ0n) is 16.7. The summed E-state index contributed by atoms with van der Waals surface area (Å²) < 4.78 is 2.17. The first-order chi connectivity index (χ1) is 13.4. The van der Waals surface area contributed by atoms with Crippen LogP contribution in [0, 0.1) is 0 Å². The van der Waals surface area contributed by atoms with Gasteiger partial charge in [0.15, 0.2) is 0 Å². The molecule has 0 spiro atoms. The van der Waals surface area contributed by atoms with Gasteiger partial charge in [-0.2, -0.15) is 0 Å². The van der Waals surface area contributed by atoms with Crippen LogP contribution in [0.1, 0.15) is 26.3 Å². The summed E-state index contributed by atoms with van der Waals surface area (Å²) >= 11 is 0. The third-order valence-electron chi connectivity index (χ3n) is 5.66. The Bertz CT molecular complexity index is 1340. The predicted octanol–water partition coefficient (Wildman–Crippen LogP) is 6.24. The highest BCUT2D eigenvalue weighted by atomic mass is 15.0. The lowest BCUT2D eigenvalue weighted by Gasteiger charge is -2.19. The summed E-state index contributed by atoms with van der Waals surface area (Å²) in [5.74, 6) is 0. The van der Waals surface area contributed by atoms with E-state index in [1.54, 1.807) is 6.33 Å². The fraction of sp³-hybridized carbons (Fsp3) is 0.200. The van der Waals surface area contributed by atoms with Crippen molar-refractivity contribution in [3.8, 4) is 11.3 Å². The zero-order chi connectivity index (χ0) is 19.5. The van der Waals surface area contributed by atoms with Crippen LogP contribution in [0.15, 0.2) is 67.0 Å². The summed E-state index contributed by atoms with van der Waals surface area (Å²) in [6, 6.07) is 21.8. The van der Waals surface area contributed by atoms with Crippen LogP contribution in [0.3, 0.4) is 0 Å². The maximum absolute atomic E-state index is 4.69. The van der Waals surface area contributed by atoms with Crippen LogP contribution in [-0.2, 0) is 12.5 Å². The normalized spacial score (nSPS) is 12.3. The van der Waals surface area contributed by atoms with Crippen molar-refractivity contribution in [2.45, 2.75) is 26.2 Å². The summed E-state index contributed by atoms with van der Waals surface area (Å²) in [4.78, 5) is 9.29. The number of hydrogen-bond acceptors (Lipinski definition) is 2. The Morgan fingerprint density at radius 3 is 2.18 bits per heavy atom. The van der Waals surface area contributed by atoms with E-state index in [2.05, 4.69) is 103 Å². The highest BCUT2D eigenvalue weighted by Crippen LogP contribution is 2.36. The van der Waals surface area contributed by atoms with E-state index in [0.29, 0.717) is 0 Å². The van der Waals surface area contributed by atoms with Crippen LogP contribution in [0.5, 0.6) is 0 Å². The van der Waals surface area contributed by atoms with Gasteiger partial charge in [-0.25, -0.2) is 9.97 Å². The van der Waals surface area contributed by atoms with E-state index in [0.717, 1.165) is 22.3 Å². The lowest BCUT2D eigenvalue weighted by Crippen LogP contribution is -2.10. The fourth-order valence-electron chi connectivity index (χ4n) is 4.05. The Hall–Kier alpha value is -3.20. The standard InChI is InChI=1S/C25H23N3/c1-25(2,3)19-11-9-16(10-12-19)23-22-20-13-17-7-5-6-8-18(17)14-21(20)28(4)24(22)27-15-26-23/h5-15H,1-4H3. The minimum Gasteiger partial charge on any atom is -0.328 e. The van der Waals surface area contributed by atoms with Crippen molar-refractivity contribution in [2.75, 3.05) is 0 Å². The number of rotatable bonds is 1. The second-order valence-electron chi connectivity index (χ2n) is 8.52. The van der Waals surface area contributed by atoms with Crippen LogP contribution in [0.4, 0.5) is 0 Å². The Morgan fingerprint density at radius 2 is 1.50 bits per heavy atom. The number of hydrogen-bond donors (Lipinski definition) is 0. The minimum absolute atomic E-state index is 0.137. The molecule has 138 valence electrons. The first-order valence-electron chi connectivity index (χ1n) is 9.66. The molecule has 0 amide bonds. The molecule has 3 nitrogen and oxygen atoms in total. The molecule has 5 rings (SSSR count). The highest BCUT2D eigenvalue weighted by Gasteiger charge is 2.17. The molecular weight excluding hydrogens is 342 g/mol. The molecule has 0 saturated heterocycles. The zero-order valence-corrected chi connectivity index (χ0v) is 16.7. The Labute approximate surface area is 164 Å². The molecule has 0 atom stereocenters. The number of benzene rings is 3. The van der Waals surface area contributed by atoms with Gasteiger partial charge in [0, 0.05) is 18.0 Å². The molecule has 0 saturated carbocycles. The van der Waals surface area contributed by atoms with Gasteiger partial charge in [-0.3, -0.25) is 0 Å². The Morgan fingerprint density at radius 1 is 0.821 bits per heavy atom. The second-order valence-corrected chi connectivity index (χ2v) is 8.52. The van der Waals surface area contributed by atoms with Gasteiger partial charge < -0.3 is 4.57 Å². The maximum Gasteiger partial charge on any atom is 0.144 e. The molecule has 0 radical (unpaired) electrons. The van der Waals surface area contributed by atoms with Gasteiger partial charge in [0.1, 0.15) is 12.0 Å². The molecule has 2 aromatic heterocycles. The average molecular weight is 365 g/mol. The minimum atomic E-state index is 0.137. The van der Waals surface area contributed by atoms with Gasteiger partial charge in [0.25, 0.3) is 0 Å². The van der Waals surface area contributed by atoms with Crippen molar-refractivity contribution >= 4 is 32.7 Å². The van der Waals surface area contributed by atoms with Crippen molar-refractivity contribution in [1.29, 1.82) is 0 Å². The molecule has 0 aliphatic heterocycles. The molecule has 3 aromatic carbocycles. The summed E-state index contributed by atoms with van der Waals surface area (Å²) in [6.07, 6.45) is 1.67. The van der Waals surface area contributed by atoms with Gasteiger partial charge in [-0.1, -0.05) is 69.3 Å². The quantitative estimate of drug-likeness (QED) is 0.352. The first-order valence-corrected chi connectivity index (χ1v) is 9.66. The summed E-state index contributed by atoms with van der Waals surface area (Å²) in [7, 11) is 2.08. The van der Waals surface area contributed by atoms with Crippen molar-refractivity contribution in [2.24, 2.45) is 7.05 Å². The summed E-state index contributed by atoms with van der Waals surface area (Å²) in [5.41, 5.74) is 5.73. The smallest absolute Gasteiger partial charge is 0.144 e. The molecule has 3 heteroatoms. The first kappa shape index (κ1) is 16.9. The van der Waals surface area contributed by atoms with Crippen molar-refractivity contribution in [3.63, 3.8) is 0 Å². The van der Waals surface area contributed by atoms with Crippen LogP contribution >= 0.6 is 0 Å².